The third kappa shape index (κ3) is 5.59. The summed E-state index contributed by atoms with van der Waals surface area (Å²) in [4.78, 5) is 47.1. The van der Waals surface area contributed by atoms with Crippen molar-refractivity contribution in [3.05, 3.63) is 40.6 Å². The van der Waals surface area contributed by atoms with Gasteiger partial charge >= 0.3 is 12.3 Å². The molecule has 3 aliphatic heterocycles. The average Bonchev–Trinajstić information content (AvgIpc) is 3.53. The lowest BCUT2D eigenvalue weighted by molar-refractivity contribution is -0.178. The first-order valence-corrected chi connectivity index (χ1v) is 13.4. The summed E-state index contributed by atoms with van der Waals surface area (Å²) in [5, 5.41) is 13.4. The van der Waals surface area contributed by atoms with Gasteiger partial charge in [0, 0.05) is 30.9 Å². The quantitative estimate of drug-likeness (QED) is 0.551. The highest BCUT2D eigenvalue weighted by atomic mass is 35.5. The number of piperazine rings is 1. The van der Waals surface area contributed by atoms with E-state index in [2.05, 4.69) is 5.32 Å². The van der Waals surface area contributed by atoms with E-state index in [0.717, 1.165) is 43.2 Å². The molecule has 3 atom stereocenters. The van der Waals surface area contributed by atoms with Gasteiger partial charge in [0.2, 0.25) is 11.8 Å². The Balaban J connectivity index is 1.13. The van der Waals surface area contributed by atoms with Crippen LogP contribution in [-0.2, 0) is 20.6 Å². The van der Waals surface area contributed by atoms with E-state index in [1.807, 2.05) is 6.08 Å². The van der Waals surface area contributed by atoms with Crippen LogP contribution in [0.2, 0.25) is 5.02 Å². The van der Waals surface area contributed by atoms with Crippen molar-refractivity contribution in [3.8, 4) is 0 Å². The first-order valence-electron chi connectivity index (χ1n) is 13.0. The number of nitrogens with one attached hydrogen (secondary N) is 1. The smallest absolute Gasteiger partial charge is 0.391 e. The van der Waals surface area contributed by atoms with Gasteiger partial charge in [0.1, 0.15) is 6.04 Å². The predicted molar refractivity (Wildman–Crippen MR) is 134 cm³/mol. The maximum Gasteiger partial charge on any atom is 0.430 e. The lowest BCUT2D eigenvalue weighted by atomic mass is 9.90. The fourth-order valence-corrected chi connectivity index (χ4v) is 5.96. The van der Waals surface area contributed by atoms with Crippen molar-refractivity contribution < 1.29 is 37.5 Å². The number of hydroxylamine groups is 2. The van der Waals surface area contributed by atoms with E-state index in [1.54, 1.807) is 16.7 Å². The van der Waals surface area contributed by atoms with Gasteiger partial charge in [0.05, 0.1) is 29.3 Å². The first-order chi connectivity index (χ1) is 18.4. The van der Waals surface area contributed by atoms with Gasteiger partial charge in [0.25, 0.3) is 0 Å². The van der Waals surface area contributed by atoms with Crippen molar-refractivity contribution in [2.45, 2.75) is 69.8 Å². The van der Waals surface area contributed by atoms with Gasteiger partial charge in [-0.05, 0) is 62.6 Å². The van der Waals surface area contributed by atoms with Crippen molar-refractivity contribution in [1.29, 1.82) is 0 Å². The molecule has 4 aliphatic rings. The number of fused-ring (bicyclic) bond motifs is 1. The Morgan fingerprint density at radius 2 is 1.97 bits per heavy atom. The summed E-state index contributed by atoms with van der Waals surface area (Å²) in [7, 11) is 0. The molecule has 1 aromatic carbocycles. The topological polar surface area (TPSA) is 102 Å². The summed E-state index contributed by atoms with van der Waals surface area (Å²) in [5.41, 5.74) is -0.238. The number of benzene rings is 1. The molecule has 0 bridgehead atoms. The Bertz CT molecular complexity index is 1200. The Kier molecular flexibility index (Phi) is 7.32. The van der Waals surface area contributed by atoms with E-state index in [9.17, 15) is 32.7 Å². The minimum absolute atomic E-state index is 0.0126. The standard InChI is InChI=1S/C26H30ClF3N4O5/c1-15-23(37)34-17(5-7-22(36)32-11-10-25(8-9-25)21(35)14-32)3-4-18(34)13-33(15)39-24(38)31-16-2-6-19(20(27)12-16)26(28,29)30/h2-3,6,12,15,18,21,35H,4-5,7-11,13-14H2,1H3,(H,31,38)/t15-,18-,21+/m0/s1. The number of alkyl halides is 3. The number of β-amino-alcohol motifs (C(OH)–C–C–N with tert-alkyl or cyclic N) is 1. The molecule has 0 aromatic heterocycles. The molecule has 1 spiro atoms. The zero-order chi connectivity index (χ0) is 28.1. The number of allylic oxidation sites excluding steroid dienone is 1. The monoisotopic (exact) mass is 570 g/mol. The highest BCUT2D eigenvalue weighted by Gasteiger charge is 2.52. The highest BCUT2D eigenvalue weighted by molar-refractivity contribution is 6.31. The van der Waals surface area contributed by atoms with E-state index in [0.29, 0.717) is 25.9 Å². The van der Waals surface area contributed by atoms with E-state index in [-0.39, 0.29) is 41.9 Å². The summed E-state index contributed by atoms with van der Waals surface area (Å²) in [5.74, 6) is -0.326. The molecule has 9 nitrogen and oxygen atoms in total. The molecular weight excluding hydrogens is 541 g/mol. The molecule has 0 radical (unpaired) electrons. The van der Waals surface area contributed by atoms with Crippen molar-refractivity contribution in [2.75, 3.05) is 25.0 Å². The number of aliphatic hydroxyl groups excluding tert-OH is 1. The molecule has 13 heteroatoms. The Morgan fingerprint density at radius 3 is 2.62 bits per heavy atom. The van der Waals surface area contributed by atoms with Crippen LogP contribution in [0.25, 0.3) is 0 Å². The second-order valence-electron chi connectivity index (χ2n) is 10.7. The van der Waals surface area contributed by atoms with Crippen LogP contribution in [0.1, 0.15) is 51.0 Å². The molecule has 3 heterocycles. The van der Waals surface area contributed by atoms with E-state index in [4.69, 9.17) is 16.4 Å². The minimum Gasteiger partial charge on any atom is -0.391 e. The number of carbonyl (C=O) groups is 3. The third-order valence-corrected chi connectivity index (χ3v) is 8.57. The molecule has 2 N–H and O–H groups in total. The highest BCUT2D eigenvalue weighted by Crippen LogP contribution is 2.53. The molecule has 0 unspecified atom stereocenters. The summed E-state index contributed by atoms with van der Waals surface area (Å²) in [6.07, 6.45) is -0.136. The fourth-order valence-electron chi connectivity index (χ4n) is 5.67. The zero-order valence-electron chi connectivity index (χ0n) is 21.3. The Labute approximate surface area is 228 Å². The number of anilines is 1. The van der Waals surface area contributed by atoms with Crippen LogP contribution in [0.3, 0.4) is 0 Å². The number of hydrogen-bond acceptors (Lipinski definition) is 6. The molecule has 3 amide bonds. The molecule has 3 fully saturated rings. The molecule has 212 valence electrons. The number of aliphatic hydroxyl groups is 1. The van der Waals surface area contributed by atoms with Gasteiger partial charge in [-0.15, -0.1) is 5.06 Å². The summed E-state index contributed by atoms with van der Waals surface area (Å²) in [6, 6.07) is 1.70. The largest absolute Gasteiger partial charge is 0.430 e. The molecule has 1 aliphatic carbocycles. The molecule has 5 rings (SSSR count). The molecule has 1 aromatic rings. The molecular formula is C26H30ClF3N4O5. The summed E-state index contributed by atoms with van der Waals surface area (Å²) < 4.78 is 38.7. The molecule has 1 saturated carbocycles. The van der Waals surface area contributed by atoms with Crippen molar-refractivity contribution in [3.63, 3.8) is 0 Å². The normalized spacial score (nSPS) is 26.4. The van der Waals surface area contributed by atoms with Gasteiger partial charge < -0.3 is 19.7 Å². The van der Waals surface area contributed by atoms with E-state index in [1.165, 1.54) is 5.06 Å². The van der Waals surface area contributed by atoms with E-state index < -0.39 is 35.0 Å². The number of nitrogens with zero attached hydrogens (tertiary/aromatic N) is 3. The van der Waals surface area contributed by atoms with Crippen LogP contribution in [0, 0.1) is 5.41 Å². The Hall–Kier alpha value is -2.83. The van der Waals surface area contributed by atoms with Crippen LogP contribution in [0.4, 0.5) is 23.7 Å². The number of amides is 3. The predicted octanol–water partition coefficient (Wildman–Crippen LogP) is 4.16. The maximum absolute atomic E-state index is 13.2. The summed E-state index contributed by atoms with van der Waals surface area (Å²) >= 11 is 5.70. The van der Waals surface area contributed by atoms with Crippen LogP contribution >= 0.6 is 11.6 Å². The van der Waals surface area contributed by atoms with Gasteiger partial charge in [-0.25, -0.2) is 4.79 Å². The number of rotatable bonds is 5. The zero-order valence-corrected chi connectivity index (χ0v) is 22.1. The van der Waals surface area contributed by atoms with Crippen LogP contribution in [0.15, 0.2) is 30.0 Å². The number of likely N-dealkylation sites (tertiary alicyclic amines) is 1. The van der Waals surface area contributed by atoms with Crippen LogP contribution in [-0.4, -0.2) is 75.7 Å². The van der Waals surface area contributed by atoms with E-state index >= 15 is 0 Å². The average molecular weight is 571 g/mol. The van der Waals surface area contributed by atoms with Gasteiger partial charge in [-0.2, -0.15) is 13.2 Å². The van der Waals surface area contributed by atoms with Gasteiger partial charge in [-0.1, -0.05) is 17.7 Å². The van der Waals surface area contributed by atoms with Crippen LogP contribution < -0.4 is 5.32 Å². The molecule has 2 saturated heterocycles. The van der Waals surface area contributed by atoms with Gasteiger partial charge in [0.15, 0.2) is 0 Å². The van der Waals surface area contributed by atoms with Crippen molar-refractivity contribution in [1.82, 2.24) is 14.9 Å². The number of piperidine rings is 1. The third-order valence-electron chi connectivity index (χ3n) is 8.26. The number of hydrogen-bond donors (Lipinski definition) is 2. The first kappa shape index (κ1) is 27.7. The lowest BCUT2D eigenvalue weighted by Gasteiger charge is -2.41. The van der Waals surface area contributed by atoms with Crippen molar-refractivity contribution in [2.24, 2.45) is 5.41 Å². The number of carbonyl (C=O) groups excluding carboxylic acids is 3. The van der Waals surface area contributed by atoms with Crippen LogP contribution in [0.5, 0.6) is 0 Å². The minimum atomic E-state index is -4.62. The SMILES string of the molecule is C[C@H]1C(=O)N2C(CCC(=O)N3CCC4(CC4)[C@H](O)C3)=CC[C@H]2CN1OC(=O)Nc1ccc(C(F)(F)F)c(Cl)c1. The number of halogens is 4. The summed E-state index contributed by atoms with van der Waals surface area (Å²) in [6.45, 7) is 2.81. The second kappa shape index (κ2) is 10.3. The second-order valence-corrected chi connectivity index (χ2v) is 11.1. The molecule has 39 heavy (non-hydrogen) atoms. The maximum atomic E-state index is 13.2. The Morgan fingerprint density at radius 1 is 1.23 bits per heavy atom. The van der Waals surface area contributed by atoms with Crippen molar-refractivity contribution >= 4 is 35.2 Å². The lowest BCUT2D eigenvalue weighted by Crippen LogP contribution is -2.59. The van der Waals surface area contributed by atoms with Gasteiger partial charge in [-0.3, -0.25) is 14.9 Å². The fraction of sp³-hybridized carbons (Fsp3) is 0.577.